The predicted octanol–water partition coefficient (Wildman–Crippen LogP) is 3.75. The summed E-state index contributed by atoms with van der Waals surface area (Å²) in [4.78, 5) is 20.4. The smallest absolute Gasteiger partial charge is 0.257 e. The molecular formula is C17H14ClN3O3. The van der Waals surface area contributed by atoms with E-state index in [1.165, 1.54) is 12.4 Å². The molecule has 1 amide bonds. The van der Waals surface area contributed by atoms with E-state index in [2.05, 4.69) is 15.3 Å². The Morgan fingerprint density at radius 3 is 2.96 bits per heavy atom. The summed E-state index contributed by atoms with van der Waals surface area (Å²) >= 11 is 5.88. The first-order valence-corrected chi connectivity index (χ1v) is 7.56. The minimum atomic E-state index is -0.317. The van der Waals surface area contributed by atoms with Gasteiger partial charge in [-0.3, -0.25) is 9.78 Å². The van der Waals surface area contributed by atoms with E-state index in [1.54, 1.807) is 24.4 Å². The standard InChI is InChI=1S/C17H14ClN3O3/c1-11-4-5-13(23-11)10-21-16(22)15-3-2-6-20-17(15)24-14-7-12(18)8-19-9-14/h2-9H,10H2,1H3,(H,21,22). The van der Waals surface area contributed by atoms with Crippen LogP contribution in [-0.2, 0) is 6.54 Å². The highest BCUT2D eigenvalue weighted by atomic mass is 35.5. The quantitative estimate of drug-likeness (QED) is 0.763. The lowest BCUT2D eigenvalue weighted by atomic mass is 10.2. The fraction of sp³-hybridized carbons (Fsp3) is 0.118. The molecule has 0 spiro atoms. The first-order chi connectivity index (χ1) is 11.6. The Morgan fingerprint density at radius 1 is 1.33 bits per heavy atom. The van der Waals surface area contributed by atoms with Crippen molar-refractivity contribution in [3.05, 3.63) is 71.0 Å². The molecule has 0 unspecified atom stereocenters. The number of amides is 1. The van der Waals surface area contributed by atoms with Gasteiger partial charge in [0.2, 0.25) is 5.88 Å². The number of aromatic nitrogens is 2. The summed E-state index contributed by atoms with van der Waals surface area (Å²) in [5.74, 6) is 1.72. The average Bonchev–Trinajstić information content (AvgIpc) is 2.99. The molecule has 3 heterocycles. The zero-order chi connectivity index (χ0) is 16.9. The van der Waals surface area contributed by atoms with Gasteiger partial charge in [-0.2, -0.15) is 0 Å². The van der Waals surface area contributed by atoms with Crippen molar-refractivity contribution in [3.8, 4) is 11.6 Å². The van der Waals surface area contributed by atoms with Crippen LogP contribution in [0.5, 0.6) is 11.6 Å². The van der Waals surface area contributed by atoms with Crippen molar-refractivity contribution in [1.29, 1.82) is 0 Å². The number of carbonyl (C=O) groups is 1. The molecule has 0 radical (unpaired) electrons. The second-order valence-corrected chi connectivity index (χ2v) is 5.43. The van der Waals surface area contributed by atoms with Crippen molar-refractivity contribution in [1.82, 2.24) is 15.3 Å². The van der Waals surface area contributed by atoms with E-state index in [0.29, 0.717) is 22.1 Å². The maximum Gasteiger partial charge on any atom is 0.257 e. The van der Waals surface area contributed by atoms with Gasteiger partial charge in [-0.15, -0.1) is 0 Å². The minimum Gasteiger partial charge on any atom is -0.465 e. The Bertz CT molecular complexity index is 864. The van der Waals surface area contributed by atoms with Gasteiger partial charge in [0.15, 0.2) is 0 Å². The number of hydrogen-bond donors (Lipinski definition) is 1. The lowest BCUT2D eigenvalue weighted by Gasteiger charge is -2.09. The zero-order valence-corrected chi connectivity index (χ0v) is 13.6. The van der Waals surface area contributed by atoms with E-state index in [-0.39, 0.29) is 18.3 Å². The number of nitrogens with one attached hydrogen (secondary N) is 1. The number of aryl methyl sites for hydroxylation is 1. The second-order valence-electron chi connectivity index (χ2n) is 4.99. The van der Waals surface area contributed by atoms with Crippen molar-refractivity contribution < 1.29 is 13.9 Å². The summed E-state index contributed by atoms with van der Waals surface area (Å²) in [6.45, 7) is 2.12. The van der Waals surface area contributed by atoms with Gasteiger partial charge >= 0.3 is 0 Å². The predicted molar refractivity (Wildman–Crippen MR) is 88.2 cm³/mol. The third-order valence-corrected chi connectivity index (χ3v) is 3.34. The van der Waals surface area contributed by atoms with Crippen LogP contribution in [-0.4, -0.2) is 15.9 Å². The zero-order valence-electron chi connectivity index (χ0n) is 12.8. The summed E-state index contributed by atoms with van der Waals surface area (Å²) in [5.41, 5.74) is 0.306. The van der Waals surface area contributed by atoms with Crippen molar-refractivity contribution >= 4 is 17.5 Å². The van der Waals surface area contributed by atoms with Crippen molar-refractivity contribution in [2.45, 2.75) is 13.5 Å². The number of carbonyl (C=O) groups excluding carboxylic acids is 1. The molecule has 24 heavy (non-hydrogen) atoms. The molecule has 1 N–H and O–H groups in total. The van der Waals surface area contributed by atoms with Gasteiger partial charge in [0.25, 0.3) is 5.91 Å². The highest BCUT2D eigenvalue weighted by Crippen LogP contribution is 2.24. The van der Waals surface area contributed by atoms with Crippen LogP contribution in [0.1, 0.15) is 21.9 Å². The third kappa shape index (κ3) is 3.91. The Kier molecular flexibility index (Phi) is 4.77. The van der Waals surface area contributed by atoms with Crippen LogP contribution in [0.15, 0.2) is 53.3 Å². The fourth-order valence-electron chi connectivity index (χ4n) is 2.05. The molecule has 0 aromatic carbocycles. The molecule has 0 aliphatic rings. The van der Waals surface area contributed by atoms with Crippen molar-refractivity contribution in [2.24, 2.45) is 0 Å². The summed E-state index contributed by atoms with van der Waals surface area (Å²) in [5, 5.41) is 3.20. The Balaban J connectivity index is 1.74. The summed E-state index contributed by atoms with van der Waals surface area (Å²) in [6, 6.07) is 8.54. The number of hydrogen-bond acceptors (Lipinski definition) is 5. The molecule has 7 heteroatoms. The fourth-order valence-corrected chi connectivity index (χ4v) is 2.21. The van der Waals surface area contributed by atoms with Gasteiger partial charge in [0.1, 0.15) is 22.8 Å². The topological polar surface area (TPSA) is 77.2 Å². The number of furan rings is 1. The SMILES string of the molecule is Cc1ccc(CNC(=O)c2cccnc2Oc2cncc(Cl)c2)o1. The lowest BCUT2D eigenvalue weighted by Crippen LogP contribution is -2.23. The third-order valence-electron chi connectivity index (χ3n) is 3.13. The Hall–Kier alpha value is -2.86. The van der Waals surface area contributed by atoms with Gasteiger partial charge < -0.3 is 14.5 Å². The number of nitrogens with zero attached hydrogens (tertiary/aromatic N) is 2. The van der Waals surface area contributed by atoms with E-state index in [9.17, 15) is 4.79 Å². The van der Waals surface area contributed by atoms with Gasteiger partial charge in [0.05, 0.1) is 17.8 Å². The van der Waals surface area contributed by atoms with Crippen LogP contribution in [0, 0.1) is 6.92 Å². The van der Waals surface area contributed by atoms with E-state index < -0.39 is 0 Å². The minimum absolute atomic E-state index is 0.176. The second kappa shape index (κ2) is 7.14. The molecule has 0 saturated carbocycles. The van der Waals surface area contributed by atoms with Crippen LogP contribution in [0.2, 0.25) is 5.02 Å². The summed E-state index contributed by atoms with van der Waals surface area (Å²) in [6.07, 6.45) is 4.53. The van der Waals surface area contributed by atoms with Crippen LogP contribution < -0.4 is 10.1 Å². The van der Waals surface area contributed by atoms with E-state index >= 15 is 0 Å². The molecule has 0 saturated heterocycles. The van der Waals surface area contributed by atoms with Crippen molar-refractivity contribution in [3.63, 3.8) is 0 Å². The molecular weight excluding hydrogens is 330 g/mol. The summed E-state index contributed by atoms with van der Waals surface area (Å²) in [7, 11) is 0. The van der Waals surface area contributed by atoms with E-state index in [4.69, 9.17) is 20.8 Å². The molecule has 6 nitrogen and oxygen atoms in total. The number of pyridine rings is 2. The van der Waals surface area contributed by atoms with E-state index in [1.807, 2.05) is 19.1 Å². The van der Waals surface area contributed by atoms with Gasteiger partial charge in [-0.05, 0) is 31.2 Å². The number of halogens is 1. The van der Waals surface area contributed by atoms with Crippen LogP contribution in [0.25, 0.3) is 0 Å². The van der Waals surface area contributed by atoms with Gasteiger partial charge in [-0.1, -0.05) is 11.6 Å². The van der Waals surface area contributed by atoms with Gasteiger partial charge in [0, 0.05) is 18.5 Å². The molecule has 0 fully saturated rings. The normalized spacial score (nSPS) is 10.4. The highest BCUT2D eigenvalue weighted by Gasteiger charge is 2.15. The largest absolute Gasteiger partial charge is 0.465 e. The first-order valence-electron chi connectivity index (χ1n) is 7.19. The maximum atomic E-state index is 12.4. The average molecular weight is 344 g/mol. The number of rotatable bonds is 5. The van der Waals surface area contributed by atoms with E-state index in [0.717, 1.165) is 5.76 Å². The molecule has 0 bridgehead atoms. The molecule has 122 valence electrons. The lowest BCUT2D eigenvalue weighted by molar-refractivity contribution is 0.0945. The molecule has 3 aromatic rings. The van der Waals surface area contributed by atoms with Crippen molar-refractivity contribution in [2.75, 3.05) is 0 Å². The first kappa shape index (κ1) is 16.0. The van der Waals surface area contributed by atoms with Crippen LogP contribution >= 0.6 is 11.6 Å². The molecule has 0 aliphatic heterocycles. The Labute approximate surface area is 143 Å². The number of ether oxygens (including phenoxy) is 1. The molecule has 0 atom stereocenters. The summed E-state index contributed by atoms with van der Waals surface area (Å²) < 4.78 is 11.0. The molecule has 3 rings (SSSR count). The maximum absolute atomic E-state index is 12.4. The Morgan fingerprint density at radius 2 is 2.21 bits per heavy atom. The highest BCUT2D eigenvalue weighted by molar-refractivity contribution is 6.30. The van der Waals surface area contributed by atoms with Crippen LogP contribution in [0.4, 0.5) is 0 Å². The van der Waals surface area contributed by atoms with Gasteiger partial charge in [-0.25, -0.2) is 4.98 Å². The monoisotopic (exact) mass is 343 g/mol. The molecule has 3 aromatic heterocycles. The van der Waals surface area contributed by atoms with Crippen LogP contribution in [0.3, 0.4) is 0 Å². The molecule has 0 aliphatic carbocycles.